The van der Waals surface area contributed by atoms with Gasteiger partial charge in [-0.1, -0.05) is 6.92 Å². The monoisotopic (exact) mass is 188 g/mol. The fourth-order valence-corrected chi connectivity index (χ4v) is 0.896. The van der Waals surface area contributed by atoms with E-state index in [1.807, 2.05) is 13.8 Å². The number of carbonyl (C=O) groups is 1. The first-order chi connectivity index (χ1) is 6.08. The van der Waals surface area contributed by atoms with Gasteiger partial charge in [-0.25, -0.2) is 0 Å². The molecule has 0 spiro atoms. The molecule has 0 bridgehead atoms. The third kappa shape index (κ3) is 4.85. The highest BCUT2D eigenvalue weighted by molar-refractivity contribution is 5.75. The predicted molar refractivity (Wildman–Crippen MR) is 52.5 cm³/mol. The van der Waals surface area contributed by atoms with Gasteiger partial charge in [0, 0.05) is 25.6 Å². The van der Waals surface area contributed by atoms with Gasteiger partial charge >= 0.3 is 0 Å². The van der Waals surface area contributed by atoms with Crippen LogP contribution in [0.25, 0.3) is 0 Å². The molecule has 0 radical (unpaired) electrons. The van der Waals surface area contributed by atoms with E-state index in [9.17, 15) is 4.79 Å². The van der Waals surface area contributed by atoms with Crippen molar-refractivity contribution in [1.29, 1.82) is 0 Å². The van der Waals surface area contributed by atoms with Crippen LogP contribution in [0, 0.1) is 0 Å². The molecule has 0 aromatic carbocycles. The zero-order chi connectivity index (χ0) is 10.3. The summed E-state index contributed by atoms with van der Waals surface area (Å²) in [5.74, 6) is 0.0175. The highest BCUT2D eigenvalue weighted by Crippen LogP contribution is 2.06. The largest absolute Gasteiger partial charge is 0.394 e. The molecule has 0 saturated heterocycles. The van der Waals surface area contributed by atoms with Gasteiger partial charge in [-0.3, -0.25) is 4.79 Å². The Morgan fingerprint density at radius 3 is 2.54 bits per heavy atom. The minimum Gasteiger partial charge on any atom is -0.394 e. The van der Waals surface area contributed by atoms with Crippen molar-refractivity contribution in [3.63, 3.8) is 0 Å². The minimum absolute atomic E-state index is 0.0175. The standard InChI is InChI=1S/C9H20N2O2/c1-4-9(2,7-12)11-6-5-8(13)10-3/h11-12H,4-7H2,1-3H3,(H,10,13). The Balaban J connectivity index is 3.67. The van der Waals surface area contributed by atoms with Crippen molar-refractivity contribution >= 4 is 5.91 Å². The van der Waals surface area contributed by atoms with Crippen molar-refractivity contribution in [3.8, 4) is 0 Å². The normalized spacial score (nSPS) is 15.1. The van der Waals surface area contributed by atoms with Gasteiger partial charge in [0.15, 0.2) is 0 Å². The summed E-state index contributed by atoms with van der Waals surface area (Å²) in [6.45, 7) is 4.64. The van der Waals surface area contributed by atoms with Crippen molar-refractivity contribution in [3.05, 3.63) is 0 Å². The number of aliphatic hydroxyl groups excluding tert-OH is 1. The first-order valence-corrected chi connectivity index (χ1v) is 4.64. The summed E-state index contributed by atoms with van der Waals surface area (Å²) in [5, 5.41) is 14.7. The summed E-state index contributed by atoms with van der Waals surface area (Å²) < 4.78 is 0. The molecule has 0 fully saturated rings. The Bertz CT molecular complexity index is 156. The van der Waals surface area contributed by atoms with E-state index < -0.39 is 0 Å². The first-order valence-electron chi connectivity index (χ1n) is 4.64. The van der Waals surface area contributed by atoms with Crippen LogP contribution in [0.15, 0.2) is 0 Å². The topological polar surface area (TPSA) is 61.4 Å². The molecule has 0 saturated carbocycles. The van der Waals surface area contributed by atoms with Gasteiger partial charge < -0.3 is 15.7 Å². The van der Waals surface area contributed by atoms with Gasteiger partial charge in [0.2, 0.25) is 5.91 Å². The maximum atomic E-state index is 10.9. The van der Waals surface area contributed by atoms with E-state index in [2.05, 4.69) is 10.6 Å². The minimum atomic E-state index is -0.256. The van der Waals surface area contributed by atoms with Crippen LogP contribution in [0.4, 0.5) is 0 Å². The van der Waals surface area contributed by atoms with Crippen LogP contribution in [0.2, 0.25) is 0 Å². The number of amides is 1. The Labute approximate surface area is 79.7 Å². The van der Waals surface area contributed by atoms with E-state index >= 15 is 0 Å². The lowest BCUT2D eigenvalue weighted by Gasteiger charge is -2.27. The molecule has 1 atom stereocenters. The second-order valence-corrected chi connectivity index (χ2v) is 3.42. The molecule has 0 aliphatic carbocycles. The van der Waals surface area contributed by atoms with Crippen LogP contribution < -0.4 is 10.6 Å². The van der Waals surface area contributed by atoms with E-state index in [1.54, 1.807) is 7.05 Å². The molecule has 0 aromatic heterocycles. The molecule has 0 heterocycles. The van der Waals surface area contributed by atoms with Gasteiger partial charge in [0.05, 0.1) is 6.61 Å². The SMILES string of the molecule is CCC(C)(CO)NCCC(=O)NC. The maximum absolute atomic E-state index is 10.9. The maximum Gasteiger partial charge on any atom is 0.221 e. The Hall–Kier alpha value is -0.610. The fourth-order valence-electron chi connectivity index (χ4n) is 0.896. The fraction of sp³-hybridized carbons (Fsp3) is 0.889. The number of nitrogens with one attached hydrogen (secondary N) is 2. The molecular weight excluding hydrogens is 168 g/mol. The first kappa shape index (κ1) is 12.4. The van der Waals surface area contributed by atoms with Crippen LogP contribution in [-0.2, 0) is 4.79 Å². The zero-order valence-corrected chi connectivity index (χ0v) is 8.68. The third-order valence-corrected chi connectivity index (χ3v) is 2.31. The molecule has 1 unspecified atom stereocenters. The van der Waals surface area contributed by atoms with Crippen molar-refractivity contribution in [2.45, 2.75) is 32.2 Å². The third-order valence-electron chi connectivity index (χ3n) is 2.31. The van der Waals surface area contributed by atoms with Crippen LogP contribution in [-0.4, -0.2) is 36.8 Å². The Kier molecular flexibility index (Phi) is 5.66. The molecule has 0 rings (SSSR count). The summed E-state index contributed by atoms with van der Waals surface area (Å²) in [5.41, 5.74) is -0.256. The van der Waals surface area contributed by atoms with Crippen LogP contribution in [0.1, 0.15) is 26.7 Å². The summed E-state index contributed by atoms with van der Waals surface area (Å²) in [6, 6.07) is 0. The Morgan fingerprint density at radius 2 is 2.15 bits per heavy atom. The number of hydrogen-bond donors (Lipinski definition) is 3. The van der Waals surface area contributed by atoms with Crippen molar-refractivity contribution < 1.29 is 9.90 Å². The molecule has 0 aliphatic rings. The van der Waals surface area contributed by atoms with E-state index in [0.29, 0.717) is 13.0 Å². The predicted octanol–water partition coefficient (Wildman–Crippen LogP) is -0.127. The van der Waals surface area contributed by atoms with Crippen molar-refractivity contribution in [2.75, 3.05) is 20.2 Å². The zero-order valence-electron chi connectivity index (χ0n) is 8.68. The summed E-state index contributed by atoms with van der Waals surface area (Å²) >= 11 is 0. The summed E-state index contributed by atoms with van der Waals surface area (Å²) in [7, 11) is 1.62. The molecule has 0 aliphatic heterocycles. The lowest BCUT2D eigenvalue weighted by molar-refractivity contribution is -0.120. The second-order valence-electron chi connectivity index (χ2n) is 3.42. The molecule has 4 heteroatoms. The van der Waals surface area contributed by atoms with Crippen LogP contribution in [0.3, 0.4) is 0 Å². The number of carbonyl (C=O) groups excluding carboxylic acids is 1. The van der Waals surface area contributed by atoms with Gasteiger partial charge in [0.1, 0.15) is 0 Å². The quantitative estimate of drug-likeness (QED) is 0.544. The van der Waals surface area contributed by atoms with E-state index in [-0.39, 0.29) is 18.1 Å². The highest BCUT2D eigenvalue weighted by Gasteiger charge is 2.19. The lowest BCUT2D eigenvalue weighted by atomic mass is 10.0. The molecule has 78 valence electrons. The Morgan fingerprint density at radius 1 is 1.54 bits per heavy atom. The van der Waals surface area contributed by atoms with E-state index in [0.717, 1.165) is 6.42 Å². The molecule has 0 aromatic rings. The van der Waals surface area contributed by atoms with E-state index in [4.69, 9.17) is 5.11 Å². The van der Waals surface area contributed by atoms with Gasteiger partial charge in [-0.15, -0.1) is 0 Å². The lowest BCUT2D eigenvalue weighted by Crippen LogP contribution is -2.46. The smallest absolute Gasteiger partial charge is 0.221 e. The second kappa shape index (κ2) is 5.94. The van der Waals surface area contributed by atoms with Crippen LogP contribution >= 0.6 is 0 Å². The molecular formula is C9H20N2O2. The van der Waals surface area contributed by atoms with E-state index in [1.165, 1.54) is 0 Å². The number of rotatable bonds is 6. The number of hydrogen-bond acceptors (Lipinski definition) is 3. The molecule has 3 N–H and O–H groups in total. The summed E-state index contributed by atoms with van der Waals surface area (Å²) in [6.07, 6.45) is 1.29. The van der Waals surface area contributed by atoms with Gasteiger partial charge in [-0.05, 0) is 13.3 Å². The average Bonchev–Trinajstić information content (AvgIpc) is 2.17. The molecule has 13 heavy (non-hydrogen) atoms. The highest BCUT2D eigenvalue weighted by atomic mass is 16.3. The van der Waals surface area contributed by atoms with Crippen LogP contribution in [0.5, 0.6) is 0 Å². The van der Waals surface area contributed by atoms with Gasteiger partial charge in [-0.2, -0.15) is 0 Å². The van der Waals surface area contributed by atoms with Crippen molar-refractivity contribution in [1.82, 2.24) is 10.6 Å². The molecule has 1 amide bonds. The van der Waals surface area contributed by atoms with Crippen molar-refractivity contribution in [2.24, 2.45) is 0 Å². The molecule has 4 nitrogen and oxygen atoms in total. The number of aliphatic hydroxyl groups is 1. The average molecular weight is 188 g/mol. The summed E-state index contributed by atoms with van der Waals surface area (Å²) in [4.78, 5) is 10.9. The van der Waals surface area contributed by atoms with Gasteiger partial charge in [0.25, 0.3) is 0 Å².